The summed E-state index contributed by atoms with van der Waals surface area (Å²) in [5, 5.41) is 8.88. The van der Waals surface area contributed by atoms with Crippen molar-refractivity contribution in [3.05, 3.63) is 57.5 Å². The maximum atomic E-state index is 12.8. The van der Waals surface area contributed by atoms with Gasteiger partial charge < -0.3 is 10.2 Å². The van der Waals surface area contributed by atoms with E-state index in [-0.39, 0.29) is 42.5 Å². The molecule has 0 saturated carbocycles. The molecule has 2 aliphatic heterocycles. The second-order valence-electron chi connectivity index (χ2n) is 6.87. The summed E-state index contributed by atoms with van der Waals surface area (Å²) >= 11 is 0. The van der Waals surface area contributed by atoms with E-state index in [1.165, 1.54) is 24.1 Å². The second-order valence-corrected chi connectivity index (χ2v) is 6.87. The summed E-state index contributed by atoms with van der Waals surface area (Å²) < 4.78 is 1.05. The van der Waals surface area contributed by atoms with E-state index in [4.69, 9.17) is 0 Å². The largest absolute Gasteiger partial charge is 0.322 e. The Bertz CT molecular complexity index is 1120. The average molecular weight is 395 g/mol. The molecule has 1 atom stereocenters. The predicted molar refractivity (Wildman–Crippen MR) is 99.9 cm³/mol. The van der Waals surface area contributed by atoms with Gasteiger partial charge in [0, 0.05) is 42.9 Å². The number of nitrogens with zero attached hydrogens (tertiary/aromatic N) is 3. The van der Waals surface area contributed by atoms with Gasteiger partial charge in [-0.25, -0.2) is 4.68 Å². The van der Waals surface area contributed by atoms with E-state index in [0.29, 0.717) is 16.8 Å². The van der Waals surface area contributed by atoms with Gasteiger partial charge in [0.25, 0.3) is 17.4 Å². The Morgan fingerprint density at radius 1 is 1.17 bits per heavy atom. The fraction of sp³-hybridized carbons (Fsp3) is 0.263. The zero-order valence-corrected chi connectivity index (χ0v) is 15.5. The number of anilines is 1. The molecule has 0 aliphatic carbocycles. The van der Waals surface area contributed by atoms with Crippen LogP contribution in [0.25, 0.3) is 0 Å². The fourth-order valence-electron chi connectivity index (χ4n) is 3.51. The van der Waals surface area contributed by atoms with Crippen molar-refractivity contribution in [3.63, 3.8) is 0 Å². The van der Waals surface area contributed by atoms with E-state index in [0.717, 1.165) is 4.68 Å². The Morgan fingerprint density at radius 2 is 1.97 bits per heavy atom. The molecule has 0 radical (unpaired) electrons. The van der Waals surface area contributed by atoms with Crippen LogP contribution in [0.4, 0.5) is 5.69 Å². The van der Waals surface area contributed by atoms with Gasteiger partial charge in [0.2, 0.25) is 11.8 Å². The highest BCUT2D eigenvalue weighted by molar-refractivity contribution is 6.08. The number of aryl methyl sites for hydroxylation is 1. The topological polar surface area (TPSA) is 130 Å². The molecular formula is C19H17N5O5. The smallest absolute Gasteiger partial charge is 0.276 e. The number of aromatic nitrogens is 2. The number of hydrogen-bond donors (Lipinski definition) is 2. The van der Waals surface area contributed by atoms with Crippen molar-refractivity contribution in [2.45, 2.75) is 25.4 Å². The normalized spacial score (nSPS) is 18.4. The van der Waals surface area contributed by atoms with Crippen molar-refractivity contribution in [1.29, 1.82) is 0 Å². The van der Waals surface area contributed by atoms with Crippen LogP contribution in [0.1, 0.15) is 39.3 Å². The maximum absolute atomic E-state index is 12.8. The number of piperidine rings is 1. The van der Waals surface area contributed by atoms with Gasteiger partial charge in [-0.05, 0) is 24.6 Å². The lowest BCUT2D eigenvalue weighted by Gasteiger charge is -2.29. The number of hydrogen-bond acceptors (Lipinski definition) is 6. The molecule has 4 rings (SSSR count). The number of fused-ring (bicyclic) bond motifs is 1. The van der Waals surface area contributed by atoms with Crippen molar-refractivity contribution in [2.24, 2.45) is 7.05 Å². The van der Waals surface area contributed by atoms with Gasteiger partial charge in [-0.1, -0.05) is 6.07 Å². The average Bonchev–Trinajstić information content (AvgIpc) is 3.02. The molecule has 1 unspecified atom stereocenters. The first-order chi connectivity index (χ1) is 13.8. The number of imide groups is 1. The first-order valence-electron chi connectivity index (χ1n) is 8.97. The molecule has 29 heavy (non-hydrogen) atoms. The van der Waals surface area contributed by atoms with Gasteiger partial charge in [0.05, 0.1) is 0 Å². The van der Waals surface area contributed by atoms with Gasteiger partial charge >= 0.3 is 0 Å². The standard InChI is InChI=1S/C19H17N5O5/c1-23-16(26)8-5-13(22-23)17(27)20-12-4-2-3-10-11(12)9-24(19(10)29)14-6-7-15(25)21-18(14)28/h2-5,8,14H,6-7,9H2,1H3,(H,20,27)(H,21,25,28). The highest BCUT2D eigenvalue weighted by Gasteiger charge is 2.40. The van der Waals surface area contributed by atoms with Gasteiger partial charge in [0.1, 0.15) is 11.7 Å². The van der Waals surface area contributed by atoms with Crippen LogP contribution in [0.2, 0.25) is 0 Å². The summed E-state index contributed by atoms with van der Waals surface area (Å²) in [7, 11) is 1.44. The lowest BCUT2D eigenvalue weighted by atomic mass is 10.0. The minimum absolute atomic E-state index is 0.0519. The summed E-state index contributed by atoms with van der Waals surface area (Å²) in [6.45, 7) is 0.137. The van der Waals surface area contributed by atoms with E-state index in [2.05, 4.69) is 15.7 Å². The second kappa shape index (κ2) is 6.97. The van der Waals surface area contributed by atoms with E-state index >= 15 is 0 Å². The molecule has 4 amide bonds. The van der Waals surface area contributed by atoms with Gasteiger partial charge in [-0.2, -0.15) is 5.10 Å². The molecule has 10 nitrogen and oxygen atoms in total. The van der Waals surface area contributed by atoms with E-state index in [9.17, 15) is 24.0 Å². The zero-order chi connectivity index (χ0) is 20.7. The van der Waals surface area contributed by atoms with Crippen LogP contribution in [0, 0.1) is 0 Å². The molecule has 148 valence electrons. The highest BCUT2D eigenvalue weighted by atomic mass is 16.2. The van der Waals surface area contributed by atoms with Crippen LogP contribution in [0.3, 0.4) is 0 Å². The van der Waals surface area contributed by atoms with Crippen LogP contribution in [-0.2, 0) is 23.2 Å². The lowest BCUT2D eigenvalue weighted by Crippen LogP contribution is -2.52. The Labute approximate surface area is 164 Å². The third-order valence-corrected chi connectivity index (χ3v) is 5.02. The van der Waals surface area contributed by atoms with Gasteiger partial charge in [0.15, 0.2) is 0 Å². The first kappa shape index (κ1) is 18.5. The quantitative estimate of drug-likeness (QED) is 0.692. The molecule has 0 spiro atoms. The van der Waals surface area contributed by atoms with Crippen LogP contribution in [0.15, 0.2) is 35.1 Å². The minimum Gasteiger partial charge on any atom is -0.322 e. The Balaban J connectivity index is 1.59. The monoisotopic (exact) mass is 395 g/mol. The van der Waals surface area contributed by atoms with Gasteiger partial charge in [-0.15, -0.1) is 0 Å². The summed E-state index contributed by atoms with van der Waals surface area (Å²) in [5.41, 5.74) is 1.11. The van der Waals surface area contributed by atoms with Crippen molar-refractivity contribution in [2.75, 3.05) is 5.32 Å². The number of benzene rings is 1. The fourth-order valence-corrected chi connectivity index (χ4v) is 3.51. The molecule has 3 heterocycles. The van der Waals surface area contributed by atoms with Crippen LogP contribution >= 0.6 is 0 Å². The van der Waals surface area contributed by atoms with Crippen molar-refractivity contribution in [1.82, 2.24) is 20.0 Å². The summed E-state index contributed by atoms with van der Waals surface area (Å²) in [4.78, 5) is 61.8. The molecule has 1 saturated heterocycles. The van der Waals surface area contributed by atoms with Crippen LogP contribution < -0.4 is 16.2 Å². The van der Waals surface area contributed by atoms with Crippen LogP contribution in [0.5, 0.6) is 0 Å². The van der Waals surface area contributed by atoms with E-state index in [1.54, 1.807) is 18.2 Å². The Morgan fingerprint density at radius 3 is 2.69 bits per heavy atom. The van der Waals surface area contributed by atoms with E-state index in [1.807, 2.05) is 0 Å². The summed E-state index contributed by atoms with van der Waals surface area (Å²) in [6, 6.07) is 6.74. The molecule has 2 aliphatic rings. The number of rotatable bonds is 3. The molecule has 1 aromatic carbocycles. The molecule has 0 bridgehead atoms. The summed E-state index contributed by atoms with van der Waals surface area (Å²) in [6.07, 6.45) is 0.423. The molecule has 1 fully saturated rings. The lowest BCUT2D eigenvalue weighted by molar-refractivity contribution is -0.136. The van der Waals surface area contributed by atoms with Gasteiger partial charge in [-0.3, -0.25) is 29.3 Å². The predicted octanol–water partition coefficient (Wildman–Crippen LogP) is -0.206. The third kappa shape index (κ3) is 3.28. The highest BCUT2D eigenvalue weighted by Crippen LogP contribution is 2.32. The molecule has 10 heteroatoms. The first-order valence-corrected chi connectivity index (χ1v) is 8.97. The molecular weight excluding hydrogens is 378 g/mol. The van der Waals surface area contributed by atoms with E-state index < -0.39 is 17.9 Å². The SMILES string of the molecule is Cn1nc(C(=O)Nc2cccc3c2CN(C2CCC(=O)NC2=O)C3=O)ccc1=O. The number of carbonyl (C=O) groups is 4. The number of carbonyl (C=O) groups excluding carboxylic acids is 4. The number of nitrogens with one attached hydrogen (secondary N) is 2. The Hall–Kier alpha value is -3.82. The van der Waals surface area contributed by atoms with Crippen LogP contribution in [-0.4, -0.2) is 44.4 Å². The zero-order valence-electron chi connectivity index (χ0n) is 15.5. The third-order valence-electron chi connectivity index (χ3n) is 5.02. The molecule has 1 aromatic heterocycles. The van der Waals surface area contributed by atoms with Crippen molar-refractivity contribution < 1.29 is 19.2 Å². The molecule has 2 N–H and O–H groups in total. The number of amides is 4. The maximum Gasteiger partial charge on any atom is 0.276 e. The minimum atomic E-state index is -0.735. The van der Waals surface area contributed by atoms with Crippen molar-refractivity contribution >= 4 is 29.3 Å². The van der Waals surface area contributed by atoms with Crippen molar-refractivity contribution in [3.8, 4) is 0 Å². The summed E-state index contributed by atoms with van der Waals surface area (Å²) in [5.74, 6) is -1.71. The molecule has 2 aromatic rings. The Kier molecular flexibility index (Phi) is 4.45.